The van der Waals surface area contributed by atoms with Gasteiger partial charge in [-0.3, -0.25) is 0 Å². The first-order chi connectivity index (χ1) is 12.1. The topological polar surface area (TPSA) is 55.8 Å². The first kappa shape index (κ1) is 17.5. The highest BCUT2D eigenvalue weighted by Gasteiger charge is 2.34. The van der Waals surface area contributed by atoms with Crippen LogP contribution in [-0.2, 0) is 10.0 Å². The van der Waals surface area contributed by atoms with E-state index in [1.165, 1.54) is 12.0 Å². The van der Waals surface area contributed by atoms with Gasteiger partial charge in [0.2, 0.25) is 16.8 Å². The third-order valence-corrected chi connectivity index (χ3v) is 9.13. The minimum absolute atomic E-state index is 0.159. The summed E-state index contributed by atoms with van der Waals surface area (Å²) in [5.74, 6) is 2.43. The molecule has 3 aliphatic rings. The molecule has 4 rings (SSSR count). The van der Waals surface area contributed by atoms with Gasteiger partial charge in [0.15, 0.2) is 11.5 Å². The Kier molecular flexibility index (Phi) is 5.15. The maximum atomic E-state index is 13.0. The fraction of sp³-hybridized carbons (Fsp3) is 0.667. The third-order valence-electron chi connectivity index (χ3n) is 5.40. The van der Waals surface area contributed by atoms with Crippen molar-refractivity contribution < 1.29 is 17.9 Å². The molecule has 1 aliphatic carbocycles. The zero-order valence-corrected chi connectivity index (χ0v) is 16.0. The zero-order valence-electron chi connectivity index (χ0n) is 14.4. The molecule has 1 aromatic rings. The first-order valence-electron chi connectivity index (χ1n) is 9.15. The molecule has 1 unspecified atom stereocenters. The monoisotopic (exact) mass is 383 g/mol. The average molecular weight is 384 g/mol. The number of thioether (sulfide) groups is 1. The number of rotatable bonds is 3. The average Bonchev–Trinajstić information content (AvgIpc) is 2.96. The van der Waals surface area contributed by atoms with Crippen LogP contribution in [0.2, 0.25) is 0 Å². The number of hydrogen-bond acceptors (Lipinski definition) is 5. The number of ether oxygens (including phenoxy) is 2. The SMILES string of the molecule is O=S(=O)(C1CCCCC1)N1CCSC(c2ccc3c(c2)OCO3)CC1. The third kappa shape index (κ3) is 3.64. The molecule has 1 aromatic carbocycles. The van der Waals surface area contributed by atoms with Gasteiger partial charge in [-0.1, -0.05) is 25.3 Å². The van der Waals surface area contributed by atoms with Crippen LogP contribution < -0.4 is 9.47 Å². The molecule has 2 aliphatic heterocycles. The summed E-state index contributed by atoms with van der Waals surface area (Å²) in [6.07, 6.45) is 5.78. The highest BCUT2D eigenvalue weighted by Crippen LogP contribution is 2.41. The molecule has 1 atom stereocenters. The molecular weight excluding hydrogens is 358 g/mol. The van der Waals surface area contributed by atoms with Gasteiger partial charge in [0.25, 0.3) is 0 Å². The predicted molar refractivity (Wildman–Crippen MR) is 99.7 cm³/mol. The molecule has 0 N–H and O–H groups in total. The highest BCUT2D eigenvalue weighted by atomic mass is 32.2. The van der Waals surface area contributed by atoms with Crippen LogP contribution in [0, 0.1) is 0 Å². The smallest absolute Gasteiger partial charge is 0.231 e. The predicted octanol–water partition coefficient (Wildman–Crippen LogP) is 3.56. The summed E-state index contributed by atoms with van der Waals surface area (Å²) in [6.45, 7) is 1.53. The molecule has 2 fully saturated rings. The van der Waals surface area contributed by atoms with E-state index in [0.717, 1.165) is 49.4 Å². The fourth-order valence-corrected chi connectivity index (χ4v) is 7.35. The van der Waals surface area contributed by atoms with Crippen molar-refractivity contribution in [2.45, 2.75) is 49.0 Å². The lowest BCUT2D eigenvalue weighted by Gasteiger charge is -2.28. The van der Waals surface area contributed by atoms with Gasteiger partial charge in [0.05, 0.1) is 5.25 Å². The van der Waals surface area contributed by atoms with E-state index in [1.54, 1.807) is 4.31 Å². The fourth-order valence-electron chi connectivity index (χ4n) is 3.96. The summed E-state index contributed by atoms with van der Waals surface area (Å²) in [6, 6.07) is 6.08. The van der Waals surface area contributed by atoms with E-state index < -0.39 is 10.0 Å². The molecule has 25 heavy (non-hydrogen) atoms. The van der Waals surface area contributed by atoms with Crippen molar-refractivity contribution in [3.8, 4) is 11.5 Å². The van der Waals surface area contributed by atoms with Crippen LogP contribution in [-0.4, -0.2) is 43.6 Å². The second-order valence-corrected chi connectivity index (χ2v) is 10.5. The number of fused-ring (bicyclic) bond motifs is 1. The van der Waals surface area contributed by atoms with Crippen molar-refractivity contribution in [2.24, 2.45) is 0 Å². The molecule has 1 saturated carbocycles. The highest BCUT2D eigenvalue weighted by molar-refractivity contribution is 7.99. The van der Waals surface area contributed by atoms with Gasteiger partial charge in [-0.25, -0.2) is 12.7 Å². The first-order valence-corrected chi connectivity index (χ1v) is 11.7. The molecule has 138 valence electrons. The van der Waals surface area contributed by atoms with Gasteiger partial charge in [-0.15, -0.1) is 0 Å². The number of hydrogen-bond donors (Lipinski definition) is 0. The zero-order chi connectivity index (χ0) is 17.3. The number of nitrogens with zero attached hydrogens (tertiary/aromatic N) is 1. The summed E-state index contributed by atoms with van der Waals surface area (Å²) in [4.78, 5) is 0. The van der Waals surface area contributed by atoms with Gasteiger partial charge in [-0.2, -0.15) is 11.8 Å². The van der Waals surface area contributed by atoms with E-state index in [1.807, 2.05) is 23.9 Å². The Morgan fingerprint density at radius 1 is 1.00 bits per heavy atom. The molecule has 0 aromatic heterocycles. The van der Waals surface area contributed by atoms with E-state index in [9.17, 15) is 8.42 Å². The van der Waals surface area contributed by atoms with Crippen molar-refractivity contribution in [3.63, 3.8) is 0 Å². The van der Waals surface area contributed by atoms with Crippen molar-refractivity contribution in [3.05, 3.63) is 23.8 Å². The number of sulfonamides is 1. The lowest BCUT2D eigenvalue weighted by Crippen LogP contribution is -2.40. The van der Waals surface area contributed by atoms with Gasteiger partial charge in [0, 0.05) is 24.1 Å². The molecule has 0 spiro atoms. The summed E-state index contributed by atoms with van der Waals surface area (Å²) >= 11 is 1.85. The van der Waals surface area contributed by atoms with Crippen LogP contribution in [0.3, 0.4) is 0 Å². The lowest BCUT2D eigenvalue weighted by atomic mass is 10.0. The van der Waals surface area contributed by atoms with Crippen LogP contribution >= 0.6 is 11.8 Å². The van der Waals surface area contributed by atoms with Crippen molar-refractivity contribution >= 4 is 21.8 Å². The Bertz CT molecular complexity index is 716. The second-order valence-electron chi connectivity index (χ2n) is 6.96. The van der Waals surface area contributed by atoms with Crippen LogP contribution in [0.5, 0.6) is 11.5 Å². The molecule has 1 saturated heterocycles. The van der Waals surface area contributed by atoms with E-state index in [0.29, 0.717) is 18.3 Å². The van der Waals surface area contributed by atoms with Crippen molar-refractivity contribution in [1.82, 2.24) is 4.31 Å². The van der Waals surface area contributed by atoms with Crippen molar-refractivity contribution in [1.29, 1.82) is 0 Å². The molecule has 0 radical (unpaired) electrons. The minimum Gasteiger partial charge on any atom is -0.454 e. The molecule has 0 bridgehead atoms. The Labute approximate surface area is 154 Å². The molecule has 7 heteroatoms. The van der Waals surface area contributed by atoms with E-state index in [-0.39, 0.29) is 12.0 Å². The van der Waals surface area contributed by atoms with E-state index in [4.69, 9.17) is 9.47 Å². The van der Waals surface area contributed by atoms with Crippen LogP contribution in [0.25, 0.3) is 0 Å². The van der Waals surface area contributed by atoms with Crippen molar-refractivity contribution in [2.75, 3.05) is 25.6 Å². The van der Waals surface area contributed by atoms with E-state index in [2.05, 4.69) is 6.07 Å². The van der Waals surface area contributed by atoms with Gasteiger partial charge in [-0.05, 0) is 37.0 Å². The largest absolute Gasteiger partial charge is 0.454 e. The second kappa shape index (κ2) is 7.37. The van der Waals surface area contributed by atoms with Gasteiger partial charge >= 0.3 is 0 Å². The number of benzene rings is 1. The van der Waals surface area contributed by atoms with Gasteiger partial charge in [0.1, 0.15) is 0 Å². The van der Waals surface area contributed by atoms with Crippen LogP contribution in [0.15, 0.2) is 18.2 Å². The summed E-state index contributed by atoms with van der Waals surface area (Å²) in [7, 11) is -3.15. The summed E-state index contributed by atoms with van der Waals surface area (Å²) in [5, 5.41) is 0.148. The molecular formula is C18H25NO4S2. The normalized spacial score (nSPS) is 25.7. The quantitative estimate of drug-likeness (QED) is 0.799. The van der Waals surface area contributed by atoms with Crippen LogP contribution in [0.1, 0.15) is 49.3 Å². The summed E-state index contributed by atoms with van der Waals surface area (Å²) < 4.78 is 38.5. The van der Waals surface area contributed by atoms with E-state index >= 15 is 0 Å². The maximum absolute atomic E-state index is 13.0. The Morgan fingerprint density at radius 2 is 1.80 bits per heavy atom. The molecule has 5 nitrogen and oxygen atoms in total. The lowest BCUT2D eigenvalue weighted by molar-refractivity contribution is 0.174. The van der Waals surface area contributed by atoms with Gasteiger partial charge < -0.3 is 9.47 Å². The Hall–Kier alpha value is -0.920. The Balaban J connectivity index is 1.45. The van der Waals surface area contributed by atoms with Crippen LogP contribution in [0.4, 0.5) is 0 Å². The maximum Gasteiger partial charge on any atom is 0.231 e. The Morgan fingerprint density at radius 3 is 2.64 bits per heavy atom. The minimum atomic E-state index is -3.15. The molecule has 2 heterocycles. The summed E-state index contributed by atoms with van der Waals surface area (Å²) in [5.41, 5.74) is 1.20. The molecule has 0 amide bonds. The standard InChI is InChI=1S/C18H25NO4S2/c20-25(21,15-4-2-1-3-5-15)19-9-8-18(24-11-10-19)14-6-7-16-17(12-14)23-13-22-16/h6-7,12,15,18H,1-5,8-11,13H2.